The monoisotopic (exact) mass is 330 g/mol. The van der Waals surface area contributed by atoms with E-state index in [1.807, 2.05) is 6.07 Å². The van der Waals surface area contributed by atoms with Crippen LogP contribution in [0.1, 0.15) is 5.69 Å². The van der Waals surface area contributed by atoms with Crippen LogP contribution in [0.15, 0.2) is 24.3 Å². The molecule has 19 heavy (non-hydrogen) atoms. The molecule has 1 heterocycles. The molecule has 2 aromatic rings. The molecule has 0 saturated carbocycles. The number of nitriles is 1. The maximum absolute atomic E-state index is 8.62. The molecule has 0 radical (unpaired) electrons. The molecule has 0 aliphatic carbocycles. The summed E-state index contributed by atoms with van der Waals surface area (Å²) in [5.74, 6) is 0. The number of aromatic nitrogens is 1. The zero-order valence-corrected chi connectivity index (χ0v) is 12.4. The number of rotatable bonds is 2. The molecule has 0 atom stereocenters. The van der Waals surface area contributed by atoms with Gasteiger partial charge >= 0.3 is 0 Å². The third kappa shape index (κ3) is 2.96. The van der Waals surface area contributed by atoms with Crippen LogP contribution in [0.2, 0.25) is 20.2 Å². The van der Waals surface area contributed by atoms with Gasteiger partial charge < -0.3 is 0 Å². The SMILES string of the molecule is N#CCc1ccc(-c2ccc(Cl)c(Cl)c2Cl)c(Cl)n1. The van der Waals surface area contributed by atoms with Crippen LogP contribution < -0.4 is 0 Å². The van der Waals surface area contributed by atoms with Crippen molar-refractivity contribution in [1.82, 2.24) is 4.98 Å². The topological polar surface area (TPSA) is 36.7 Å². The van der Waals surface area contributed by atoms with Crippen LogP contribution in [-0.4, -0.2) is 4.98 Å². The summed E-state index contributed by atoms with van der Waals surface area (Å²) in [6.45, 7) is 0. The van der Waals surface area contributed by atoms with E-state index < -0.39 is 0 Å². The van der Waals surface area contributed by atoms with E-state index in [0.717, 1.165) is 0 Å². The van der Waals surface area contributed by atoms with Crippen molar-refractivity contribution >= 4 is 46.4 Å². The fourth-order valence-electron chi connectivity index (χ4n) is 1.59. The van der Waals surface area contributed by atoms with Gasteiger partial charge in [0.2, 0.25) is 0 Å². The zero-order chi connectivity index (χ0) is 14.0. The van der Waals surface area contributed by atoms with Gasteiger partial charge in [-0.2, -0.15) is 5.26 Å². The van der Waals surface area contributed by atoms with Gasteiger partial charge in [-0.25, -0.2) is 4.98 Å². The van der Waals surface area contributed by atoms with Crippen molar-refractivity contribution in [2.75, 3.05) is 0 Å². The second-order valence-corrected chi connectivity index (χ2v) is 5.22. The third-order valence-corrected chi connectivity index (χ3v) is 4.07. The molecule has 6 heteroatoms. The lowest BCUT2D eigenvalue weighted by molar-refractivity contribution is 1.12. The molecule has 96 valence electrons. The van der Waals surface area contributed by atoms with Crippen molar-refractivity contribution in [1.29, 1.82) is 5.26 Å². The highest BCUT2D eigenvalue weighted by atomic mass is 35.5. The molecule has 0 fully saturated rings. The van der Waals surface area contributed by atoms with Crippen LogP contribution in [0.5, 0.6) is 0 Å². The molecule has 0 saturated heterocycles. The normalized spacial score (nSPS) is 10.3. The molecule has 0 spiro atoms. The van der Waals surface area contributed by atoms with E-state index in [9.17, 15) is 0 Å². The first kappa shape index (κ1) is 14.4. The Bertz CT molecular complexity index is 677. The third-order valence-electron chi connectivity index (χ3n) is 2.49. The van der Waals surface area contributed by atoms with Crippen molar-refractivity contribution < 1.29 is 0 Å². The zero-order valence-electron chi connectivity index (χ0n) is 9.42. The molecule has 1 aromatic heterocycles. The summed E-state index contributed by atoms with van der Waals surface area (Å²) in [4.78, 5) is 4.14. The van der Waals surface area contributed by atoms with E-state index in [0.29, 0.717) is 26.9 Å². The van der Waals surface area contributed by atoms with Gasteiger partial charge in [-0.15, -0.1) is 0 Å². The van der Waals surface area contributed by atoms with Gasteiger partial charge in [-0.3, -0.25) is 0 Å². The maximum Gasteiger partial charge on any atom is 0.137 e. The highest BCUT2D eigenvalue weighted by Gasteiger charge is 2.14. The maximum atomic E-state index is 8.62. The van der Waals surface area contributed by atoms with Crippen molar-refractivity contribution in [3.63, 3.8) is 0 Å². The summed E-state index contributed by atoms with van der Waals surface area (Å²) in [5, 5.41) is 9.87. The van der Waals surface area contributed by atoms with E-state index in [1.165, 1.54) is 0 Å². The summed E-state index contributed by atoms with van der Waals surface area (Å²) in [6.07, 6.45) is 0.203. The van der Waals surface area contributed by atoms with Crippen molar-refractivity contribution in [3.8, 4) is 17.2 Å². The molecular formula is C13H6Cl4N2. The summed E-state index contributed by atoms with van der Waals surface area (Å²) >= 11 is 24.1. The van der Waals surface area contributed by atoms with E-state index in [4.69, 9.17) is 51.7 Å². The Kier molecular flexibility index (Phi) is 4.54. The quantitative estimate of drug-likeness (QED) is 0.543. The fourth-order valence-corrected chi connectivity index (χ4v) is 2.50. The molecule has 0 bridgehead atoms. The van der Waals surface area contributed by atoms with Gasteiger partial charge in [-0.05, 0) is 18.2 Å². The highest BCUT2D eigenvalue weighted by Crippen LogP contribution is 2.39. The molecule has 2 nitrogen and oxygen atoms in total. The second kappa shape index (κ2) is 5.98. The van der Waals surface area contributed by atoms with Crippen molar-refractivity contribution in [2.24, 2.45) is 0 Å². The first-order valence-corrected chi connectivity index (χ1v) is 6.72. The molecule has 0 aliphatic heterocycles. The first-order valence-electron chi connectivity index (χ1n) is 5.21. The highest BCUT2D eigenvalue weighted by molar-refractivity contribution is 6.49. The summed E-state index contributed by atoms with van der Waals surface area (Å²) in [6, 6.07) is 8.86. The molecule has 1 aromatic carbocycles. The van der Waals surface area contributed by atoms with Crippen LogP contribution in [0.4, 0.5) is 0 Å². The molecule has 0 amide bonds. The Morgan fingerprint density at radius 3 is 2.26 bits per heavy atom. The van der Waals surface area contributed by atoms with E-state index in [2.05, 4.69) is 4.98 Å². The van der Waals surface area contributed by atoms with Gasteiger partial charge in [0.15, 0.2) is 0 Å². The average molecular weight is 332 g/mol. The number of nitrogens with zero attached hydrogens (tertiary/aromatic N) is 2. The standard InChI is InChI=1S/C13H6Cl4N2/c14-10-4-3-8(11(15)12(10)16)9-2-1-7(5-6-18)19-13(9)17/h1-4H,5H2. The van der Waals surface area contributed by atoms with Gasteiger partial charge in [-0.1, -0.05) is 52.5 Å². The van der Waals surface area contributed by atoms with Crippen LogP contribution >= 0.6 is 46.4 Å². The van der Waals surface area contributed by atoms with E-state index >= 15 is 0 Å². The number of pyridine rings is 1. The minimum absolute atomic E-state index is 0.203. The second-order valence-electron chi connectivity index (χ2n) is 3.70. The Morgan fingerprint density at radius 1 is 0.947 bits per heavy atom. The Hall–Kier alpha value is -0.980. The minimum Gasteiger partial charge on any atom is -0.239 e. The summed E-state index contributed by atoms with van der Waals surface area (Å²) in [7, 11) is 0. The van der Waals surface area contributed by atoms with Crippen molar-refractivity contribution in [2.45, 2.75) is 6.42 Å². The van der Waals surface area contributed by atoms with Crippen LogP contribution in [0.25, 0.3) is 11.1 Å². The lowest BCUT2D eigenvalue weighted by atomic mass is 10.1. The average Bonchev–Trinajstić information content (AvgIpc) is 2.38. The molecule has 0 N–H and O–H groups in total. The van der Waals surface area contributed by atoms with Crippen LogP contribution in [0.3, 0.4) is 0 Å². The van der Waals surface area contributed by atoms with Crippen molar-refractivity contribution in [3.05, 3.63) is 50.2 Å². The predicted octanol–water partition coefficient (Wildman–Crippen LogP) is 5.43. The number of hydrogen-bond donors (Lipinski definition) is 0. The van der Waals surface area contributed by atoms with Gasteiger partial charge in [0.05, 0.1) is 33.3 Å². The van der Waals surface area contributed by atoms with Crippen LogP contribution in [0, 0.1) is 11.3 Å². The lowest BCUT2D eigenvalue weighted by Crippen LogP contribution is -1.91. The largest absolute Gasteiger partial charge is 0.239 e. The minimum atomic E-state index is 0.203. The van der Waals surface area contributed by atoms with E-state index in [1.54, 1.807) is 24.3 Å². The molecular weight excluding hydrogens is 326 g/mol. The van der Waals surface area contributed by atoms with Crippen LogP contribution in [-0.2, 0) is 6.42 Å². The lowest BCUT2D eigenvalue weighted by Gasteiger charge is -2.09. The Morgan fingerprint density at radius 2 is 1.63 bits per heavy atom. The number of hydrogen-bond acceptors (Lipinski definition) is 2. The number of halogens is 4. The smallest absolute Gasteiger partial charge is 0.137 e. The van der Waals surface area contributed by atoms with Gasteiger partial charge in [0.1, 0.15) is 5.15 Å². The predicted molar refractivity (Wildman–Crippen MR) is 79.0 cm³/mol. The Balaban J connectivity index is 2.54. The summed E-state index contributed by atoms with van der Waals surface area (Å²) in [5.41, 5.74) is 1.90. The number of benzene rings is 1. The molecule has 0 aliphatic rings. The van der Waals surface area contributed by atoms with E-state index in [-0.39, 0.29) is 16.6 Å². The first-order chi connectivity index (χ1) is 9.04. The Labute approximate surface area is 130 Å². The summed E-state index contributed by atoms with van der Waals surface area (Å²) < 4.78 is 0. The fraction of sp³-hybridized carbons (Fsp3) is 0.0769. The molecule has 0 unspecified atom stereocenters. The molecule has 2 rings (SSSR count). The van der Waals surface area contributed by atoms with Gasteiger partial charge in [0.25, 0.3) is 0 Å². The van der Waals surface area contributed by atoms with Gasteiger partial charge in [0, 0.05) is 11.1 Å².